The van der Waals surface area contributed by atoms with Crippen molar-refractivity contribution in [3.63, 3.8) is 0 Å². The molecule has 0 aliphatic carbocycles. The summed E-state index contributed by atoms with van der Waals surface area (Å²) in [6.45, 7) is 0. The van der Waals surface area contributed by atoms with Crippen molar-refractivity contribution in [3.05, 3.63) is 51.8 Å². The maximum atomic E-state index is 11.9. The van der Waals surface area contributed by atoms with Crippen LogP contribution in [0.1, 0.15) is 9.67 Å². The van der Waals surface area contributed by atoms with E-state index in [0.717, 1.165) is 5.39 Å². The van der Waals surface area contributed by atoms with Gasteiger partial charge in [0.05, 0.1) is 4.88 Å². The van der Waals surface area contributed by atoms with Gasteiger partial charge in [-0.15, -0.1) is 11.3 Å². The molecule has 0 aromatic carbocycles. The second kappa shape index (κ2) is 4.95. The number of amides is 1. The Kier molecular flexibility index (Phi) is 3.15. The SMILES string of the molecule is O=C(Nc1ccc2ccc(Cl)nc2n1)c1cccs1. The molecule has 0 aliphatic rings. The Balaban J connectivity index is 1.91. The van der Waals surface area contributed by atoms with Crippen LogP contribution in [0, 0.1) is 0 Å². The van der Waals surface area contributed by atoms with Gasteiger partial charge in [0.1, 0.15) is 11.0 Å². The van der Waals surface area contributed by atoms with Crippen LogP contribution in [0.4, 0.5) is 5.82 Å². The molecule has 0 aliphatic heterocycles. The number of hydrogen-bond acceptors (Lipinski definition) is 4. The summed E-state index contributed by atoms with van der Waals surface area (Å²) in [5.74, 6) is 0.282. The maximum Gasteiger partial charge on any atom is 0.266 e. The van der Waals surface area contributed by atoms with Crippen LogP contribution in [0.2, 0.25) is 5.15 Å². The van der Waals surface area contributed by atoms with Gasteiger partial charge in [0.25, 0.3) is 5.91 Å². The second-order valence-corrected chi connectivity index (χ2v) is 5.14. The number of nitrogens with one attached hydrogen (secondary N) is 1. The topological polar surface area (TPSA) is 54.9 Å². The van der Waals surface area contributed by atoms with Crippen molar-refractivity contribution in [2.45, 2.75) is 0 Å². The van der Waals surface area contributed by atoms with Gasteiger partial charge in [-0.1, -0.05) is 17.7 Å². The fraction of sp³-hybridized carbons (Fsp3) is 0. The van der Waals surface area contributed by atoms with Crippen molar-refractivity contribution in [1.82, 2.24) is 9.97 Å². The van der Waals surface area contributed by atoms with E-state index in [1.54, 1.807) is 18.2 Å². The van der Waals surface area contributed by atoms with Gasteiger partial charge in [-0.05, 0) is 35.7 Å². The third-order valence-electron chi connectivity index (χ3n) is 2.51. The minimum absolute atomic E-state index is 0.177. The molecule has 0 atom stereocenters. The van der Waals surface area contributed by atoms with Gasteiger partial charge in [-0.3, -0.25) is 4.79 Å². The number of halogens is 1. The molecule has 3 heterocycles. The number of carbonyl (C=O) groups excluding carboxylic acids is 1. The zero-order valence-electron chi connectivity index (χ0n) is 9.63. The van der Waals surface area contributed by atoms with E-state index in [-0.39, 0.29) is 5.91 Å². The van der Waals surface area contributed by atoms with E-state index in [9.17, 15) is 4.79 Å². The first kappa shape index (κ1) is 12.1. The lowest BCUT2D eigenvalue weighted by Gasteiger charge is -2.04. The van der Waals surface area contributed by atoms with E-state index >= 15 is 0 Å². The number of fused-ring (bicyclic) bond motifs is 1. The van der Waals surface area contributed by atoms with Crippen LogP contribution < -0.4 is 5.32 Å². The Hall–Kier alpha value is -1.98. The maximum absolute atomic E-state index is 11.9. The summed E-state index contributed by atoms with van der Waals surface area (Å²) in [5.41, 5.74) is 0.511. The van der Waals surface area contributed by atoms with Gasteiger partial charge < -0.3 is 5.32 Å². The molecule has 6 heteroatoms. The summed E-state index contributed by atoms with van der Waals surface area (Å²) < 4.78 is 0. The number of anilines is 1. The number of rotatable bonds is 2. The molecular formula is C13H8ClN3OS. The van der Waals surface area contributed by atoms with Crippen LogP contribution in [0.5, 0.6) is 0 Å². The molecule has 94 valence electrons. The first-order chi connectivity index (χ1) is 9.22. The molecule has 0 saturated heterocycles. The summed E-state index contributed by atoms with van der Waals surface area (Å²) in [5, 5.41) is 5.83. The lowest BCUT2D eigenvalue weighted by molar-refractivity contribution is 0.103. The third-order valence-corrected chi connectivity index (χ3v) is 3.58. The molecule has 3 aromatic heterocycles. The van der Waals surface area contributed by atoms with Crippen molar-refractivity contribution in [1.29, 1.82) is 0 Å². The van der Waals surface area contributed by atoms with Crippen molar-refractivity contribution in [2.24, 2.45) is 0 Å². The minimum Gasteiger partial charge on any atom is -0.306 e. The molecule has 1 N–H and O–H groups in total. The third kappa shape index (κ3) is 2.57. The number of pyridine rings is 2. The van der Waals surface area contributed by atoms with Crippen LogP contribution in [-0.4, -0.2) is 15.9 Å². The first-order valence-corrected chi connectivity index (χ1v) is 6.76. The summed E-state index contributed by atoms with van der Waals surface area (Å²) in [7, 11) is 0. The van der Waals surface area contributed by atoms with Gasteiger partial charge in [-0.2, -0.15) is 0 Å². The summed E-state index contributed by atoms with van der Waals surface area (Å²) in [6.07, 6.45) is 0. The van der Waals surface area contributed by atoms with Crippen LogP contribution in [0.3, 0.4) is 0 Å². The van der Waals surface area contributed by atoms with E-state index in [4.69, 9.17) is 11.6 Å². The molecule has 0 saturated carbocycles. The van der Waals surface area contributed by atoms with E-state index in [1.807, 2.05) is 23.6 Å². The molecule has 1 amide bonds. The van der Waals surface area contributed by atoms with Crippen LogP contribution in [0.25, 0.3) is 11.0 Å². The normalized spacial score (nSPS) is 10.6. The highest BCUT2D eigenvalue weighted by molar-refractivity contribution is 7.12. The second-order valence-electron chi connectivity index (χ2n) is 3.81. The number of nitrogens with zero attached hydrogens (tertiary/aromatic N) is 2. The molecule has 0 fully saturated rings. The van der Waals surface area contributed by atoms with Crippen LogP contribution in [0.15, 0.2) is 41.8 Å². The molecule has 0 unspecified atom stereocenters. The lowest BCUT2D eigenvalue weighted by Crippen LogP contribution is -2.11. The largest absolute Gasteiger partial charge is 0.306 e. The first-order valence-electron chi connectivity index (χ1n) is 5.50. The van der Waals surface area contributed by atoms with Crippen molar-refractivity contribution < 1.29 is 4.79 Å². The highest BCUT2D eigenvalue weighted by Crippen LogP contribution is 2.17. The quantitative estimate of drug-likeness (QED) is 0.733. The van der Waals surface area contributed by atoms with E-state index in [2.05, 4.69) is 15.3 Å². The Morgan fingerprint density at radius 3 is 2.79 bits per heavy atom. The summed E-state index contributed by atoms with van der Waals surface area (Å²) >= 11 is 7.20. The molecule has 4 nitrogen and oxygen atoms in total. The highest BCUT2D eigenvalue weighted by atomic mass is 35.5. The fourth-order valence-corrected chi connectivity index (χ4v) is 2.39. The van der Waals surface area contributed by atoms with Gasteiger partial charge in [-0.25, -0.2) is 9.97 Å². The fourth-order valence-electron chi connectivity index (χ4n) is 1.63. The number of carbonyl (C=O) groups is 1. The zero-order chi connectivity index (χ0) is 13.2. The van der Waals surface area contributed by atoms with Gasteiger partial charge >= 0.3 is 0 Å². The van der Waals surface area contributed by atoms with Gasteiger partial charge in [0.15, 0.2) is 5.65 Å². The smallest absolute Gasteiger partial charge is 0.266 e. The Labute approximate surface area is 118 Å². The molecule has 0 spiro atoms. The molecular weight excluding hydrogens is 282 g/mol. The minimum atomic E-state index is -0.177. The average Bonchev–Trinajstić information content (AvgIpc) is 2.92. The van der Waals surface area contributed by atoms with Crippen LogP contribution >= 0.6 is 22.9 Å². The van der Waals surface area contributed by atoms with Crippen molar-refractivity contribution in [3.8, 4) is 0 Å². The van der Waals surface area contributed by atoms with Gasteiger partial charge in [0, 0.05) is 5.39 Å². The Bertz CT molecular complexity index is 743. The monoisotopic (exact) mass is 289 g/mol. The van der Waals surface area contributed by atoms with E-state index < -0.39 is 0 Å². The highest BCUT2D eigenvalue weighted by Gasteiger charge is 2.08. The van der Waals surface area contributed by atoms with Crippen LogP contribution in [-0.2, 0) is 0 Å². The molecule has 0 bridgehead atoms. The van der Waals surface area contributed by atoms with E-state index in [1.165, 1.54) is 11.3 Å². The summed E-state index contributed by atoms with van der Waals surface area (Å²) in [6, 6.07) is 10.7. The lowest BCUT2D eigenvalue weighted by atomic mass is 10.3. The molecule has 19 heavy (non-hydrogen) atoms. The molecule has 3 aromatic rings. The van der Waals surface area contributed by atoms with Gasteiger partial charge in [0.2, 0.25) is 0 Å². The Morgan fingerprint density at radius 1 is 1.16 bits per heavy atom. The predicted molar refractivity (Wildman–Crippen MR) is 76.8 cm³/mol. The average molecular weight is 290 g/mol. The molecule has 3 rings (SSSR count). The number of hydrogen-bond donors (Lipinski definition) is 1. The van der Waals surface area contributed by atoms with Crippen molar-refractivity contribution in [2.75, 3.05) is 5.32 Å². The number of aromatic nitrogens is 2. The number of thiophene rings is 1. The molecule has 0 radical (unpaired) electrons. The van der Waals surface area contributed by atoms with E-state index in [0.29, 0.717) is 21.5 Å². The zero-order valence-corrected chi connectivity index (χ0v) is 11.2. The predicted octanol–water partition coefficient (Wildman–Crippen LogP) is 3.60. The van der Waals surface area contributed by atoms with Crippen molar-refractivity contribution >= 4 is 45.7 Å². The summed E-state index contributed by atoms with van der Waals surface area (Å²) in [4.78, 5) is 20.9. The Morgan fingerprint density at radius 2 is 2.00 bits per heavy atom. The standard InChI is InChI=1S/C13H8ClN3OS/c14-10-5-3-8-4-6-11(16-12(8)15-10)17-13(18)9-2-1-7-19-9/h1-7H,(H,15,16,17,18).